The molecule has 2 rings (SSSR count). The molecule has 0 saturated heterocycles. The second-order valence-electron chi connectivity index (χ2n) is 4.31. The van der Waals surface area contributed by atoms with Gasteiger partial charge in [-0.2, -0.15) is 0 Å². The van der Waals surface area contributed by atoms with Gasteiger partial charge < -0.3 is 14.8 Å². The van der Waals surface area contributed by atoms with E-state index in [0.29, 0.717) is 23.7 Å². The van der Waals surface area contributed by atoms with Crippen molar-refractivity contribution >= 4 is 17.6 Å². The van der Waals surface area contributed by atoms with Crippen molar-refractivity contribution in [3.8, 4) is 5.88 Å². The molecular weight excluding hydrogens is 284 g/mol. The molecule has 22 heavy (non-hydrogen) atoms. The number of para-hydroxylation sites is 1. The Hall–Kier alpha value is -2.89. The third kappa shape index (κ3) is 3.60. The Morgan fingerprint density at radius 3 is 2.73 bits per heavy atom. The van der Waals surface area contributed by atoms with Crippen LogP contribution in [0.25, 0.3) is 0 Å². The summed E-state index contributed by atoms with van der Waals surface area (Å²) in [5, 5.41) is 2.69. The minimum absolute atomic E-state index is 0.289. The Labute approximate surface area is 128 Å². The lowest BCUT2D eigenvalue weighted by molar-refractivity contribution is 0.0602. The molecule has 114 valence electrons. The first-order valence-corrected chi connectivity index (χ1v) is 6.73. The SMILES string of the molecule is CCOc1cc(C(=O)Nc2ccccc2C(=O)OC)ccn1. The zero-order valence-corrected chi connectivity index (χ0v) is 12.3. The number of aromatic nitrogens is 1. The second-order valence-corrected chi connectivity index (χ2v) is 4.31. The largest absolute Gasteiger partial charge is 0.478 e. The van der Waals surface area contributed by atoms with E-state index in [-0.39, 0.29) is 11.5 Å². The molecule has 0 aliphatic rings. The number of pyridine rings is 1. The summed E-state index contributed by atoms with van der Waals surface area (Å²) >= 11 is 0. The van der Waals surface area contributed by atoms with E-state index in [1.165, 1.54) is 13.3 Å². The maximum atomic E-state index is 12.3. The zero-order valence-electron chi connectivity index (χ0n) is 12.3. The fraction of sp³-hybridized carbons (Fsp3) is 0.188. The number of amides is 1. The standard InChI is InChI=1S/C16H16N2O4/c1-3-22-14-10-11(8-9-17-14)15(19)18-13-7-5-4-6-12(13)16(20)21-2/h4-10H,3H2,1-2H3,(H,18,19). The molecule has 0 aliphatic carbocycles. The van der Waals surface area contributed by atoms with Crippen LogP contribution in [0.3, 0.4) is 0 Å². The minimum atomic E-state index is -0.513. The van der Waals surface area contributed by atoms with E-state index in [0.717, 1.165) is 0 Å². The van der Waals surface area contributed by atoms with Crippen molar-refractivity contribution in [2.45, 2.75) is 6.92 Å². The number of nitrogens with zero attached hydrogens (tertiary/aromatic N) is 1. The summed E-state index contributed by atoms with van der Waals surface area (Å²) in [6.45, 7) is 2.30. The Morgan fingerprint density at radius 2 is 2.00 bits per heavy atom. The van der Waals surface area contributed by atoms with Gasteiger partial charge in [0.15, 0.2) is 0 Å². The molecule has 0 spiro atoms. The van der Waals surface area contributed by atoms with Gasteiger partial charge in [0.2, 0.25) is 5.88 Å². The van der Waals surface area contributed by atoms with Gasteiger partial charge in [-0.25, -0.2) is 9.78 Å². The first kappa shape index (κ1) is 15.5. The van der Waals surface area contributed by atoms with E-state index in [1.54, 1.807) is 36.4 Å². The number of nitrogens with one attached hydrogen (secondary N) is 1. The number of anilines is 1. The Balaban J connectivity index is 2.22. The third-order valence-corrected chi connectivity index (χ3v) is 2.87. The number of esters is 1. The van der Waals surface area contributed by atoms with Crippen LogP contribution < -0.4 is 10.1 Å². The quantitative estimate of drug-likeness (QED) is 0.858. The molecule has 0 aliphatic heterocycles. The summed E-state index contributed by atoms with van der Waals surface area (Å²) in [6, 6.07) is 9.74. The molecular formula is C16H16N2O4. The molecule has 1 amide bonds. The number of hydrogen-bond acceptors (Lipinski definition) is 5. The Kier molecular flexibility index (Phi) is 5.08. The van der Waals surface area contributed by atoms with E-state index in [9.17, 15) is 9.59 Å². The summed E-state index contributed by atoms with van der Waals surface area (Å²) in [5.74, 6) is -0.503. The van der Waals surface area contributed by atoms with E-state index in [1.807, 2.05) is 6.92 Å². The minimum Gasteiger partial charge on any atom is -0.478 e. The topological polar surface area (TPSA) is 77.5 Å². The van der Waals surface area contributed by atoms with Crippen LogP contribution in [0.4, 0.5) is 5.69 Å². The molecule has 6 heteroatoms. The summed E-state index contributed by atoms with van der Waals surface area (Å²) in [7, 11) is 1.29. The summed E-state index contributed by atoms with van der Waals surface area (Å²) in [5.41, 5.74) is 1.06. The van der Waals surface area contributed by atoms with Gasteiger partial charge in [-0.05, 0) is 25.1 Å². The van der Waals surface area contributed by atoms with Gasteiger partial charge in [-0.1, -0.05) is 12.1 Å². The highest BCUT2D eigenvalue weighted by Crippen LogP contribution is 2.18. The number of hydrogen-bond donors (Lipinski definition) is 1. The molecule has 6 nitrogen and oxygen atoms in total. The van der Waals surface area contributed by atoms with Crippen molar-refractivity contribution in [1.82, 2.24) is 4.98 Å². The first-order valence-electron chi connectivity index (χ1n) is 6.73. The lowest BCUT2D eigenvalue weighted by atomic mass is 10.1. The average molecular weight is 300 g/mol. The van der Waals surface area contributed by atoms with Crippen molar-refractivity contribution in [3.63, 3.8) is 0 Å². The van der Waals surface area contributed by atoms with Gasteiger partial charge in [-0.3, -0.25) is 4.79 Å². The Morgan fingerprint density at radius 1 is 1.23 bits per heavy atom. The molecule has 1 N–H and O–H groups in total. The molecule has 0 fully saturated rings. The fourth-order valence-corrected chi connectivity index (χ4v) is 1.85. The van der Waals surface area contributed by atoms with E-state index in [4.69, 9.17) is 9.47 Å². The summed E-state index contributed by atoms with van der Waals surface area (Å²) in [4.78, 5) is 28.0. The monoisotopic (exact) mass is 300 g/mol. The van der Waals surface area contributed by atoms with Gasteiger partial charge in [0, 0.05) is 17.8 Å². The second kappa shape index (κ2) is 7.21. The van der Waals surface area contributed by atoms with E-state index in [2.05, 4.69) is 10.3 Å². The number of benzene rings is 1. The Bertz CT molecular complexity index is 685. The first-order chi connectivity index (χ1) is 10.7. The van der Waals surface area contributed by atoms with Crippen molar-refractivity contribution in [2.24, 2.45) is 0 Å². The number of methoxy groups -OCH3 is 1. The van der Waals surface area contributed by atoms with Gasteiger partial charge >= 0.3 is 5.97 Å². The average Bonchev–Trinajstić information content (AvgIpc) is 2.55. The van der Waals surface area contributed by atoms with Crippen LogP contribution in [-0.2, 0) is 4.74 Å². The lowest BCUT2D eigenvalue weighted by Crippen LogP contribution is -2.15. The molecule has 0 bridgehead atoms. The third-order valence-electron chi connectivity index (χ3n) is 2.87. The van der Waals surface area contributed by atoms with Crippen LogP contribution in [0.5, 0.6) is 5.88 Å². The predicted octanol–water partition coefficient (Wildman–Crippen LogP) is 2.52. The van der Waals surface area contributed by atoms with Crippen molar-refractivity contribution in [3.05, 3.63) is 53.7 Å². The highest BCUT2D eigenvalue weighted by molar-refractivity contribution is 6.08. The van der Waals surface area contributed by atoms with Crippen LogP contribution in [0.1, 0.15) is 27.6 Å². The molecule has 1 aromatic heterocycles. The highest BCUT2D eigenvalue weighted by Gasteiger charge is 2.14. The maximum Gasteiger partial charge on any atom is 0.339 e. The van der Waals surface area contributed by atoms with Crippen LogP contribution in [0.2, 0.25) is 0 Å². The normalized spacial score (nSPS) is 9.91. The highest BCUT2D eigenvalue weighted by atomic mass is 16.5. The molecule has 0 unspecified atom stereocenters. The number of rotatable bonds is 5. The van der Waals surface area contributed by atoms with Crippen LogP contribution in [-0.4, -0.2) is 30.6 Å². The molecule has 1 heterocycles. The number of ether oxygens (including phenoxy) is 2. The van der Waals surface area contributed by atoms with Gasteiger partial charge in [0.25, 0.3) is 5.91 Å². The van der Waals surface area contributed by atoms with Crippen LogP contribution in [0, 0.1) is 0 Å². The predicted molar refractivity (Wildman–Crippen MR) is 81.1 cm³/mol. The van der Waals surface area contributed by atoms with Crippen molar-refractivity contribution in [1.29, 1.82) is 0 Å². The molecule has 0 atom stereocenters. The number of carbonyl (C=O) groups excluding carboxylic acids is 2. The van der Waals surface area contributed by atoms with Crippen LogP contribution in [0.15, 0.2) is 42.6 Å². The van der Waals surface area contributed by atoms with Gasteiger partial charge in [0.1, 0.15) is 0 Å². The van der Waals surface area contributed by atoms with E-state index < -0.39 is 5.97 Å². The molecule has 0 radical (unpaired) electrons. The van der Waals surface area contributed by atoms with Gasteiger partial charge in [0.05, 0.1) is 25.0 Å². The summed E-state index contributed by atoms with van der Waals surface area (Å²) < 4.78 is 9.96. The number of carbonyl (C=O) groups is 2. The molecule has 1 aromatic carbocycles. The maximum absolute atomic E-state index is 12.3. The smallest absolute Gasteiger partial charge is 0.339 e. The zero-order chi connectivity index (χ0) is 15.9. The molecule has 0 saturated carbocycles. The van der Waals surface area contributed by atoms with Crippen LogP contribution >= 0.6 is 0 Å². The fourth-order valence-electron chi connectivity index (χ4n) is 1.85. The van der Waals surface area contributed by atoms with Crippen molar-refractivity contribution in [2.75, 3.05) is 19.0 Å². The lowest BCUT2D eigenvalue weighted by Gasteiger charge is -2.10. The summed E-state index contributed by atoms with van der Waals surface area (Å²) in [6.07, 6.45) is 1.49. The molecule has 2 aromatic rings. The van der Waals surface area contributed by atoms with Crippen molar-refractivity contribution < 1.29 is 19.1 Å². The van der Waals surface area contributed by atoms with Gasteiger partial charge in [-0.15, -0.1) is 0 Å². The van der Waals surface area contributed by atoms with E-state index >= 15 is 0 Å².